The molecule has 0 spiro atoms. The minimum atomic E-state index is -3.65. The minimum absolute atomic E-state index is 0.0800. The molecule has 0 aromatic heterocycles. The van der Waals surface area contributed by atoms with Crippen LogP contribution in [0.25, 0.3) is 0 Å². The monoisotopic (exact) mass is 633 g/mol. The molecule has 2 amide bonds. The number of rotatable bonds is 15. The van der Waals surface area contributed by atoms with Crippen LogP contribution < -0.4 is 14.4 Å². The number of para-hydroxylation sites is 2. The van der Waals surface area contributed by atoms with E-state index in [2.05, 4.69) is 5.32 Å². The highest BCUT2D eigenvalue weighted by atomic mass is 32.2. The molecule has 4 rings (SSSR count). The van der Waals surface area contributed by atoms with Gasteiger partial charge in [0, 0.05) is 32.0 Å². The van der Waals surface area contributed by atoms with Crippen LogP contribution in [0.2, 0.25) is 0 Å². The van der Waals surface area contributed by atoms with Crippen LogP contribution in [0.15, 0.2) is 78.9 Å². The number of hydrogen-bond acceptors (Lipinski definition) is 5. The van der Waals surface area contributed by atoms with Crippen molar-refractivity contribution in [1.29, 1.82) is 0 Å². The lowest BCUT2D eigenvalue weighted by molar-refractivity contribution is -0.141. The molecule has 0 radical (unpaired) electrons. The summed E-state index contributed by atoms with van der Waals surface area (Å²) in [6, 6.07) is 24.2. The summed E-state index contributed by atoms with van der Waals surface area (Å²) in [4.78, 5) is 29.9. The molecule has 1 aliphatic rings. The van der Waals surface area contributed by atoms with E-state index < -0.39 is 16.1 Å². The normalized spacial score (nSPS) is 14.4. The van der Waals surface area contributed by atoms with Crippen LogP contribution in [0.1, 0.15) is 68.6 Å². The fourth-order valence-electron chi connectivity index (χ4n) is 6.03. The van der Waals surface area contributed by atoms with Gasteiger partial charge in [-0.3, -0.25) is 13.9 Å². The molecule has 1 fully saturated rings. The summed E-state index contributed by atoms with van der Waals surface area (Å²) >= 11 is 0. The van der Waals surface area contributed by atoms with Crippen LogP contribution in [0.3, 0.4) is 0 Å². The van der Waals surface area contributed by atoms with Crippen LogP contribution in [0.5, 0.6) is 5.75 Å². The van der Waals surface area contributed by atoms with Crippen molar-refractivity contribution in [2.45, 2.75) is 83.8 Å². The molecule has 0 saturated heterocycles. The van der Waals surface area contributed by atoms with E-state index in [1.165, 1.54) is 10.7 Å². The predicted octanol–water partition coefficient (Wildman–Crippen LogP) is 6.03. The molecule has 1 aliphatic carbocycles. The van der Waals surface area contributed by atoms with Crippen molar-refractivity contribution in [3.05, 3.63) is 95.6 Å². The van der Waals surface area contributed by atoms with Gasteiger partial charge in [0.2, 0.25) is 21.8 Å². The second-order valence-electron chi connectivity index (χ2n) is 11.9. The predicted molar refractivity (Wildman–Crippen MR) is 180 cm³/mol. The van der Waals surface area contributed by atoms with E-state index in [9.17, 15) is 18.0 Å². The number of benzene rings is 3. The standard InChI is InChI=1S/C36H47N3O5S/c1-4-44-34-22-12-11-21-32(34)39(45(3,42)43)24-14-23-35(40)38(27-30-18-13-15-28(2)25-30)33(26-29-16-7-5-8-17-29)36(41)37-31-19-9-6-10-20-31/h5,7-8,11-13,15-18,21-22,25,31,33H,4,6,9-10,14,19-20,23-24,26-27H2,1-3H3,(H,37,41)/t33-/m0/s1. The average molecular weight is 634 g/mol. The Morgan fingerprint density at radius 1 is 0.933 bits per heavy atom. The zero-order valence-electron chi connectivity index (χ0n) is 26.8. The third kappa shape index (κ3) is 10.1. The van der Waals surface area contributed by atoms with Gasteiger partial charge in [-0.15, -0.1) is 0 Å². The van der Waals surface area contributed by atoms with Gasteiger partial charge in [0.1, 0.15) is 11.8 Å². The van der Waals surface area contributed by atoms with Crippen LogP contribution in [0.4, 0.5) is 5.69 Å². The first-order chi connectivity index (χ1) is 21.7. The van der Waals surface area contributed by atoms with Crippen molar-refractivity contribution >= 4 is 27.5 Å². The number of nitrogens with one attached hydrogen (secondary N) is 1. The molecule has 0 bridgehead atoms. The molecule has 45 heavy (non-hydrogen) atoms. The molecule has 1 saturated carbocycles. The van der Waals surface area contributed by atoms with Crippen molar-refractivity contribution in [3.63, 3.8) is 0 Å². The molecule has 3 aromatic carbocycles. The van der Waals surface area contributed by atoms with Gasteiger partial charge < -0.3 is 15.0 Å². The van der Waals surface area contributed by atoms with Crippen molar-refractivity contribution < 1.29 is 22.7 Å². The molecule has 0 unspecified atom stereocenters. The highest BCUT2D eigenvalue weighted by molar-refractivity contribution is 7.92. The zero-order chi connectivity index (χ0) is 32.2. The molecule has 1 N–H and O–H groups in total. The van der Waals surface area contributed by atoms with Gasteiger partial charge >= 0.3 is 0 Å². The Bertz CT molecular complexity index is 1510. The van der Waals surface area contributed by atoms with E-state index in [1.54, 1.807) is 29.2 Å². The molecule has 242 valence electrons. The van der Waals surface area contributed by atoms with Crippen LogP contribution in [-0.2, 0) is 32.6 Å². The Morgan fingerprint density at radius 2 is 1.62 bits per heavy atom. The third-order valence-corrected chi connectivity index (χ3v) is 9.42. The molecule has 9 heteroatoms. The number of hydrogen-bond donors (Lipinski definition) is 1. The number of nitrogens with zero attached hydrogens (tertiary/aromatic N) is 2. The Hall–Kier alpha value is -3.85. The van der Waals surface area contributed by atoms with E-state index in [1.807, 2.05) is 68.4 Å². The Morgan fingerprint density at radius 3 is 2.31 bits per heavy atom. The maximum absolute atomic E-state index is 14.2. The molecular formula is C36H47N3O5S. The largest absolute Gasteiger partial charge is 0.492 e. The number of anilines is 1. The van der Waals surface area contributed by atoms with Gasteiger partial charge in [0.25, 0.3) is 0 Å². The third-order valence-electron chi connectivity index (χ3n) is 8.24. The second kappa shape index (κ2) is 16.5. The average Bonchev–Trinajstić information content (AvgIpc) is 3.02. The SMILES string of the molecule is CCOc1ccccc1N(CCCC(=O)N(Cc1cccc(C)c1)[C@@H](Cc1ccccc1)C(=O)NC1CCCCC1)S(C)(=O)=O. The van der Waals surface area contributed by atoms with Crippen molar-refractivity contribution in [2.24, 2.45) is 0 Å². The lowest BCUT2D eigenvalue weighted by atomic mass is 9.94. The van der Waals surface area contributed by atoms with E-state index in [0.29, 0.717) is 24.5 Å². The Balaban J connectivity index is 1.60. The summed E-state index contributed by atoms with van der Waals surface area (Å²) in [5.41, 5.74) is 3.43. The number of carbonyl (C=O) groups is 2. The highest BCUT2D eigenvalue weighted by Gasteiger charge is 2.32. The summed E-state index contributed by atoms with van der Waals surface area (Å²) in [6.45, 7) is 4.63. The number of ether oxygens (including phenoxy) is 1. The minimum Gasteiger partial charge on any atom is -0.492 e. The molecule has 8 nitrogen and oxygen atoms in total. The van der Waals surface area contributed by atoms with Gasteiger partial charge in [0.05, 0.1) is 18.6 Å². The van der Waals surface area contributed by atoms with E-state index in [0.717, 1.165) is 48.6 Å². The van der Waals surface area contributed by atoms with Gasteiger partial charge in [-0.1, -0.05) is 91.6 Å². The highest BCUT2D eigenvalue weighted by Crippen LogP contribution is 2.30. The Kier molecular flexibility index (Phi) is 12.4. The van der Waals surface area contributed by atoms with Crippen LogP contribution >= 0.6 is 0 Å². The van der Waals surface area contributed by atoms with Gasteiger partial charge in [-0.2, -0.15) is 0 Å². The first-order valence-corrected chi connectivity index (χ1v) is 17.9. The molecular weight excluding hydrogens is 586 g/mol. The fourth-order valence-corrected chi connectivity index (χ4v) is 7.00. The van der Waals surface area contributed by atoms with Gasteiger partial charge in [0.15, 0.2) is 0 Å². The lowest BCUT2D eigenvalue weighted by Crippen LogP contribution is -2.53. The van der Waals surface area contributed by atoms with Crippen molar-refractivity contribution in [1.82, 2.24) is 10.2 Å². The summed E-state index contributed by atoms with van der Waals surface area (Å²) in [5, 5.41) is 3.27. The lowest BCUT2D eigenvalue weighted by Gasteiger charge is -2.34. The summed E-state index contributed by atoms with van der Waals surface area (Å²) in [7, 11) is -3.65. The van der Waals surface area contributed by atoms with Crippen molar-refractivity contribution in [2.75, 3.05) is 23.7 Å². The zero-order valence-corrected chi connectivity index (χ0v) is 27.6. The maximum Gasteiger partial charge on any atom is 0.243 e. The molecule has 3 aromatic rings. The smallest absolute Gasteiger partial charge is 0.243 e. The Labute approximate surface area is 268 Å². The van der Waals surface area contributed by atoms with E-state index in [-0.39, 0.29) is 43.8 Å². The van der Waals surface area contributed by atoms with E-state index in [4.69, 9.17) is 4.74 Å². The molecule has 0 heterocycles. The fraction of sp³-hybridized carbons (Fsp3) is 0.444. The molecule has 0 aliphatic heterocycles. The topological polar surface area (TPSA) is 96.0 Å². The van der Waals surface area contributed by atoms with Gasteiger partial charge in [-0.25, -0.2) is 8.42 Å². The summed E-state index contributed by atoms with van der Waals surface area (Å²) in [5.74, 6) is 0.137. The summed E-state index contributed by atoms with van der Waals surface area (Å²) < 4.78 is 32.8. The second-order valence-corrected chi connectivity index (χ2v) is 13.8. The first kappa shape index (κ1) is 34.0. The van der Waals surface area contributed by atoms with Crippen LogP contribution in [0, 0.1) is 6.92 Å². The number of amides is 2. The first-order valence-electron chi connectivity index (χ1n) is 16.0. The van der Waals surface area contributed by atoms with Crippen LogP contribution in [-0.4, -0.2) is 56.6 Å². The maximum atomic E-state index is 14.2. The van der Waals surface area contributed by atoms with Crippen molar-refractivity contribution in [3.8, 4) is 5.75 Å². The number of aryl methyl sites for hydroxylation is 1. The number of carbonyl (C=O) groups excluding carboxylic acids is 2. The van der Waals surface area contributed by atoms with Gasteiger partial charge in [-0.05, 0) is 56.4 Å². The molecule has 1 atom stereocenters. The van der Waals surface area contributed by atoms with E-state index >= 15 is 0 Å². The number of sulfonamides is 1. The summed E-state index contributed by atoms with van der Waals surface area (Å²) in [6.07, 6.45) is 7.14. The quantitative estimate of drug-likeness (QED) is 0.221.